The van der Waals surface area contributed by atoms with Gasteiger partial charge >= 0.3 is 0 Å². The average Bonchev–Trinajstić information content (AvgIpc) is 3.49. The molecule has 0 radical (unpaired) electrons. The molecule has 5 heterocycles. The molecule has 3 aromatic heterocycles. The number of fused-ring (bicyclic) bond motifs is 3. The van der Waals surface area contributed by atoms with E-state index in [-0.39, 0.29) is 42.1 Å². The van der Waals surface area contributed by atoms with Crippen LogP contribution in [0, 0.1) is 0 Å². The SMILES string of the molecule is CC(=O)c1c(C2CC3CC[C@H](C2)N3C(=O)CO)nc2c(-c3cnn(CCO)c3)cnn2c1N. The van der Waals surface area contributed by atoms with Crippen molar-refractivity contribution in [1.82, 2.24) is 29.3 Å². The molecule has 174 valence electrons. The van der Waals surface area contributed by atoms with Crippen LogP contribution in [-0.4, -0.2) is 76.5 Å². The number of carbonyl (C=O) groups is 2. The van der Waals surface area contributed by atoms with Crippen molar-refractivity contribution in [2.75, 3.05) is 18.9 Å². The number of hydrogen-bond acceptors (Lipinski definition) is 8. The molecule has 3 atom stereocenters. The number of aromatic nitrogens is 5. The van der Waals surface area contributed by atoms with Gasteiger partial charge in [-0.05, 0) is 32.6 Å². The van der Waals surface area contributed by atoms with Crippen LogP contribution in [0.15, 0.2) is 18.6 Å². The van der Waals surface area contributed by atoms with Gasteiger partial charge in [-0.3, -0.25) is 14.3 Å². The summed E-state index contributed by atoms with van der Waals surface area (Å²) in [4.78, 5) is 31.6. The maximum absolute atomic E-state index is 12.6. The summed E-state index contributed by atoms with van der Waals surface area (Å²) in [7, 11) is 0. The molecular formula is C22H27N7O4. The Morgan fingerprint density at radius 3 is 2.52 bits per heavy atom. The highest BCUT2D eigenvalue weighted by molar-refractivity contribution is 6.00. The van der Waals surface area contributed by atoms with Crippen molar-refractivity contribution in [3.8, 4) is 11.1 Å². The van der Waals surface area contributed by atoms with Crippen LogP contribution >= 0.6 is 0 Å². The minimum absolute atomic E-state index is 0.0208. The lowest BCUT2D eigenvalue weighted by molar-refractivity contribution is -0.138. The highest BCUT2D eigenvalue weighted by Gasteiger charge is 2.44. The van der Waals surface area contributed by atoms with Crippen LogP contribution in [0.5, 0.6) is 0 Å². The lowest BCUT2D eigenvalue weighted by Crippen LogP contribution is -2.47. The zero-order valence-corrected chi connectivity index (χ0v) is 18.4. The molecule has 2 fully saturated rings. The summed E-state index contributed by atoms with van der Waals surface area (Å²) in [5.41, 5.74) is 9.52. The van der Waals surface area contributed by atoms with E-state index in [9.17, 15) is 19.8 Å². The maximum atomic E-state index is 12.6. The van der Waals surface area contributed by atoms with Gasteiger partial charge in [0.05, 0.1) is 36.8 Å². The van der Waals surface area contributed by atoms with Crippen LogP contribution < -0.4 is 5.73 Å². The number of ketones is 1. The Hall–Kier alpha value is -3.31. The molecule has 3 aromatic rings. The largest absolute Gasteiger partial charge is 0.394 e. The maximum Gasteiger partial charge on any atom is 0.248 e. The second-order valence-electron chi connectivity index (χ2n) is 8.84. The molecule has 11 heteroatoms. The summed E-state index contributed by atoms with van der Waals surface area (Å²) in [5.74, 6) is -0.200. The van der Waals surface area contributed by atoms with Gasteiger partial charge in [0, 0.05) is 35.3 Å². The molecule has 11 nitrogen and oxygen atoms in total. The Morgan fingerprint density at radius 1 is 1.15 bits per heavy atom. The van der Waals surface area contributed by atoms with Crippen molar-refractivity contribution in [2.45, 2.75) is 57.2 Å². The first-order valence-corrected chi connectivity index (χ1v) is 11.2. The minimum atomic E-state index is -0.489. The van der Waals surface area contributed by atoms with Crippen molar-refractivity contribution in [3.05, 3.63) is 29.8 Å². The van der Waals surface area contributed by atoms with Gasteiger partial charge in [0.1, 0.15) is 12.4 Å². The smallest absolute Gasteiger partial charge is 0.248 e. The molecule has 5 rings (SSSR count). The summed E-state index contributed by atoms with van der Waals surface area (Å²) in [6.45, 7) is 1.34. The van der Waals surface area contributed by atoms with Crippen molar-refractivity contribution in [3.63, 3.8) is 0 Å². The monoisotopic (exact) mass is 453 g/mol. The van der Waals surface area contributed by atoms with E-state index < -0.39 is 6.61 Å². The van der Waals surface area contributed by atoms with Crippen LogP contribution in [0.25, 0.3) is 16.8 Å². The summed E-state index contributed by atoms with van der Waals surface area (Å²) in [6.07, 6.45) is 8.24. The van der Waals surface area contributed by atoms with Gasteiger partial charge < -0.3 is 20.8 Å². The van der Waals surface area contributed by atoms with Crippen LogP contribution in [-0.2, 0) is 11.3 Å². The molecule has 1 amide bonds. The zero-order valence-electron chi connectivity index (χ0n) is 18.4. The van der Waals surface area contributed by atoms with Crippen molar-refractivity contribution >= 4 is 23.2 Å². The van der Waals surface area contributed by atoms with Gasteiger partial charge in [0.15, 0.2) is 11.4 Å². The fourth-order valence-corrected chi connectivity index (χ4v) is 5.51. The average molecular weight is 454 g/mol. The summed E-state index contributed by atoms with van der Waals surface area (Å²) < 4.78 is 3.12. The number of anilines is 1. The molecule has 33 heavy (non-hydrogen) atoms. The van der Waals surface area contributed by atoms with E-state index in [1.165, 1.54) is 11.4 Å². The highest BCUT2D eigenvalue weighted by Crippen LogP contribution is 2.44. The molecule has 0 spiro atoms. The van der Waals surface area contributed by atoms with Crippen molar-refractivity contribution < 1.29 is 19.8 Å². The lowest BCUT2D eigenvalue weighted by atomic mass is 9.85. The number of rotatable bonds is 6. The Labute approximate surface area is 189 Å². The first-order chi connectivity index (χ1) is 15.9. The fraction of sp³-hybridized carbons (Fsp3) is 0.500. The minimum Gasteiger partial charge on any atom is -0.394 e. The van der Waals surface area contributed by atoms with Crippen LogP contribution in [0.2, 0.25) is 0 Å². The van der Waals surface area contributed by atoms with E-state index in [0.29, 0.717) is 36.3 Å². The number of piperidine rings is 1. The lowest BCUT2D eigenvalue weighted by Gasteiger charge is -2.39. The third-order valence-corrected chi connectivity index (χ3v) is 6.88. The number of amides is 1. The predicted molar refractivity (Wildman–Crippen MR) is 118 cm³/mol. The van der Waals surface area contributed by atoms with Crippen molar-refractivity contribution in [1.29, 1.82) is 0 Å². The fourth-order valence-electron chi connectivity index (χ4n) is 5.51. The molecule has 0 aliphatic carbocycles. The van der Waals surface area contributed by atoms with Gasteiger partial charge in [-0.15, -0.1) is 0 Å². The van der Waals surface area contributed by atoms with E-state index in [0.717, 1.165) is 24.0 Å². The van der Waals surface area contributed by atoms with Gasteiger partial charge in [-0.1, -0.05) is 0 Å². The molecule has 2 saturated heterocycles. The summed E-state index contributed by atoms with van der Waals surface area (Å²) in [5, 5.41) is 27.2. The topological polar surface area (TPSA) is 152 Å². The number of nitrogen functional groups attached to an aromatic ring is 1. The highest BCUT2D eigenvalue weighted by atomic mass is 16.3. The van der Waals surface area contributed by atoms with Gasteiger partial charge in [0.2, 0.25) is 5.91 Å². The van der Waals surface area contributed by atoms with Crippen LogP contribution in [0.3, 0.4) is 0 Å². The first kappa shape index (κ1) is 21.5. The molecule has 2 aliphatic heterocycles. The molecule has 2 bridgehead atoms. The van der Waals surface area contributed by atoms with E-state index in [2.05, 4.69) is 10.2 Å². The first-order valence-electron chi connectivity index (χ1n) is 11.2. The molecule has 4 N–H and O–H groups in total. The second kappa shape index (κ2) is 8.23. The van der Waals surface area contributed by atoms with Crippen molar-refractivity contribution in [2.24, 2.45) is 0 Å². The molecule has 0 saturated carbocycles. The Kier molecular flexibility index (Phi) is 5.37. The molecule has 2 aliphatic rings. The van der Waals surface area contributed by atoms with Gasteiger partial charge in [0.25, 0.3) is 0 Å². The number of aliphatic hydroxyl groups excluding tert-OH is 2. The standard InChI is InChI=1S/C22H27N7O4/c1-12(32)19-20(13-6-15-2-3-16(7-13)28(15)18(33)11-31)26-22-17(9-25-29(22)21(19)23)14-8-24-27(10-14)4-5-30/h8-10,13,15-16,30-31H,2-7,11,23H2,1H3/t13?,15-,16?/m1/s1. The quantitative estimate of drug-likeness (QED) is 0.459. The molecule has 2 unspecified atom stereocenters. The Morgan fingerprint density at radius 2 is 1.88 bits per heavy atom. The molecule has 0 aromatic carbocycles. The number of carbonyl (C=O) groups excluding carboxylic acids is 2. The Balaban J connectivity index is 1.59. The second-order valence-corrected chi connectivity index (χ2v) is 8.84. The summed E-state index contributed by atoms with van der Waals surface area (Å²) in [6, 6.07) is 0.0436. The number of aliphatic hydroxyl groups is 2. The predicted octanol–water partition coefficient (Wildman–Crippen LogP) is 0.599. The summed E-state index contributed by atoms with van der Waals surface area (Å²) >= 11 is 0. The van der Waals surface area contributed by atoms with E-state index >= 15 is 0 Å². The molecular weight excluding hydrogens is 426 g/mol. The number of hydrogen-bond donors (Lipinski definition) is 3. The van der Waals surface area contributed by atoms with E-state index in [4.69, 9.17) is 10.7 Å². The van der Waals surface area contributed by atoms with E-state index in [1.807, 2.05) is 11.1 Å². The van der Waals surface area contributed by atoms with Crippen LogP contribution in [0.1, 0.15) is 54.6 Å². The van der Waals surface area contributed by atoms with Gasteiger partial charge in [-0.2, -0.15) is 14.7 Å². The normalized spacial score (nSPS) is 22.3. The third-order valence-electron chi connectivity index (χ3n) is 6.88. The number of nitrogens with two attached hydrogens (primary N) is 1. The number of nitrogens with zero attached hydrogens (tertiary/aromatic N) is 6. The zero-order chi connectivity index (χ0) is 23.3. The number of Topliss-reactive ketones (excluding diaryl/α,β-unsaturated/α-hetero) is 1. The van der Waals surface area contributed by atoms with Crippen LogP contribution in [0.4, 0.5) is 5.82 Å². The Bertz CT molecular complexity index is 1220. The van der Waals surface area contributed by atoms with Gasteiger partial charge in [-0.25, -0.2) is 4.98 Å². The third kappa shape index (κ3) is 3.47. The van der Waals surface area contributed by atoms with E-state index in [1.54, 1.807) is 17.1 Å².